The molecule has 118 valence electrons. The average molecular weight is 320 g/mol. The lowest BCUT2D eigenvalue weighted by molar-refractivity contribution is 0.253. The Morgan fingerprint density at radius 2 is 2.05 bits per heavy atom. The molecule has 0 atom stereocenters. The molecule has 0 saturated heterocycles. The van der Waals surface area contributed by atoms with Crippen LogP contribution in [0.15, 0.2) is 39.5 Å². The molecule has 2 rings (SSSR count). The van der Waals surface area contributed by atoms with Crippen LogP contribution in [0.2, 0.25) is 0 Å². The molecule has 2 aromatic rings. The van der Waals surface area contributed by atoms with Gasteiger partial charge in [0, 0.05) is 5.39 Å². The van der Waals surface area contributed by atoms with E-state index in [-0.39, 0.29) is 11.8 Å². The number of rotatable bonds is 6. The van der Waals surface area contributed by atoms with Crippen molar-refractivity contribution >= 4 is 28.4 Å². The van der Waals surface area contributed by atoms with E-state index in [2.05, 4.69) is 24.1 Å². The van der Waals surface area contributed by atoms with Gasteiger partial charge in [0.2, 0.25) is 0 Å². The number of thiocarbonyl (C=S) groups is 1. The summed E-state index contributed by atoms with van der Waals surface area (Å²) in [5.74, 6) is 0. The Kier molecular flexibility index (Phi) is 5.91. The van der Waals surface area contributed by atoms with Crippen molar-refractivity contribution in [3.8, 4) is 0 Å². The van der Waals surface area contributed by atoms with Crippen LogP contribution in [-0.2, 0) is 11.3 Å². The van der Waals surface area contributed by atoms with Gasteiger partial charge >= 0.3 is 5.63 Å². The van der Waals surface area contributed by atoms with Crippen LogP contribution >= 0.6 is 12.2 Å². The van der Waals surface area contributed by atoms with Gasteiger partial charge in [-0.2, -0.15) is 0 Å². The van der Waals surface area contributed by atoms with Gasteiger partial charge in [-0.15, -0.1) is 0 Å². The molecule has 6 heteroatoms. The Labute approximate surface area is 134 Å². The minimum absolute atomic E-state index is 0.0945. The van der Waals surface area contributed by atoms with Gasteiger partial charge in [-0.1, -0.05) is 32.0 Å². The molecular weight excluding hydrogens is 300 g/mol. The van der Waals surface area contributed by atoms with Crippen molar-refractivity contribution in [3.63, 3.8) is 0 Å². The standard InChI is InChI=1S/C16H20N2O3S/c1-3-18(4-2)11-17-16(22)20-10-13-9-12-7-5-6-8-14(12)21-15(13)19/h5-9H,3-4,10-11H2,1-2H3,(H,17,22). The van der Waals surface area contributed by atoms with Crippen LogP contribution in [0.3, 0.4) is 0 Å². The van der Waals surface area contributed by atoms with Gasteiger partial charge in [-0.3, -0.25) is 4.90 Å². The first kappa shape index (κ1) is 16.5. The molecule has 0 saturated carbocycles. The second kappa shape index (κ2) is 7.91. The van der Waals surface area contributed by atoms with E-state index < -0.39 is 5.63 Å². The molecule has 0 bridgehead atoms. The summed E-state index contributed by atoms with van der Waals surface area (Å²) in [6, 6.07) is 9.14. The Morgan fingerprint density at radius 3 is 2.77 bits per heavy atom. The van der Waals surface area contributed by atoms with E-state index in [0.717, 1.165) is 18.5 Å². The summed E-state index contributed by atoms with van der Waals surface area (Å²) in [6.07, 6.45) is 0. The maximum atomic E-state index is 11.9. The second-order valence-electron chi connectivity index (χ2n) is 4.81. The highest BCUT2D eigenvalue weighted by Gasteiger charge is 2.07. The van der Waals surface area contributed by atoms with Gasteiger partial charge in [-0.05, 0) is 37.4 Å². The van der Waals surface area contributed by atoms with Crippen LogP contribution in [0, 0.1) is 0 Å². The van der Waals surface area contributed by atoms with Crippen molar-refractivity contribution < 1.29 is 9.15 Å². The van der Waals surface area contributed by atoms with Crippen LogP contribution < -0.4 is 10.9 Å². The zero-order chi connectivity index (χ0) is 15.9. The summed E-state index contributed by atoms with van der Waals surface area (Å²) < 4.78 is 10.7. The van der Waals surface area contributed by atoms with Crippen LogP contribution in [0.1, 0.15) is 19.4 Å². The van der Waals surface area contributed by atoms with Crippen LogP contribution in [-0.4, -0.2) is 29.8 Å². The number of fused-ring (bicyclic) bond motifs is 1. The zero-order valence-electron chi connectivity index (χ0n) is 12.8. The van der Waals surface area contributed by atoms with E-state index in [0.29, 0.717) is 17.8 Å². The summed E-state index contributed by atoms with van der Waals surface area (Å²) in [6.45, 7) is 6.74. The van der Waals surface area contributed by atoms with Gasteiger partial charge in [-0.25, -0.2) is 4.79 Å². The monoisotopic (exact) mass is 320 g/mol. The normalized spacial score (nSPS) is 10.9. The molecule has 0 unspecified atom stereocenters. The van der Waals surface area contributed by atoms with Crippen LogP contribution in [0.5, 0.6) is 0 Å². The summed E-state index contributed by atoms with van der Waals surface area (Å²) in [7, 11) is 0. The molecule has 1 N–H and O–H groups in total. The summed E-state index contributed by atoms with van der Waals surface area (Å²) in [5, 5.41) is 4.15. The van der Waals surface area contributed by atoms with Crippen LogP contribution in [0.25, 0.3) is 11.0 Å². The van der Waals surface area contributed by atoms with E-state index in [1.807, 2.05) is 18.2 Å². The van der Waals surface area contributed by atoms with E-state index in [1.165, 1.54) is 0 Å². The minimum Gasteiger partial charge on any atom is -0.466 e. The quantitative estimate of drug-likeness (QED) is 0.501. The molecule has 0 aliphatic carbocycles. The molecule has 0 aliphatic rings. The lowest BCUT2D eigenvalue weighted by atomic mass is 10.2. The van der Waals surface area contributed by atoms with E-state index in [9.17, 15) is 4.79 Å². The SMILES string of the molecule is CCN(CC)CNC(=S)OCc1cc2ccccc2oc1=O. The molecule has 1 aromatic carbocycles. The summed E-state index contributed by atoms with van der Waals surface area (Å²) in [5.41, 5.74) is 0.620. The first-order chi connectivity index (χ1) is 10.6. The molecule has 0 amide bonds. The highest BCUT2D eigenvalue weighted by atomic mass is 32.1. The van der Waals surface area contributed by atoms with E-state index in [4.69, 9.17) is 21.4 Å². The van der Waals surface area contributed by atoms with Crippen molar-refractivity contribution in [2.75, 3.05) is 19.8 Å². The van der Waals surface area contributed by atoms with Crippen molar-refractivity contribution in [2.24, 2.45) is 0 Å². The highest BCUT2D eigenvalue weighted by molar-refractivity contribution is 7.80. The minimum atomic E-state index is -0.398. The van der Waals surface area contributed by atoms with E-state index in [1.54, 1.807) is 12.1 Å². The van der Waals surface area contributed by atoms with E-state index >= 15 is 0 Å². The summed E-state index contributed by atoms with van der Waals surface area (Å²) in [4.78, 5) is 14.1. The number of ether oxygens (including phenoxy) is 1. The topological polar surface area (TPSA) is 54.7 Å². The molecule has 0 aliphatic heterocycles. The first-order valence-corrected chi connectivity index (χ1v) is 7.69. The fraction of sp³-hybridized carbons (Fsp3) is 0.375. The second-order valence-corrected chi connectivity index (χ2v) is 5.18. The lowest BCUT2D eigenvalue weighted by Crippen LogP contribution is -2.37. The molecule has 0 radical (unpaired) electrons. The molecule has 22 heavy (non-hydrogen) atoms. The number of hydrogen-bond acceptors (Lipinski definition) is 5. The number of para-hydroxylation sites is 1. The molecule has 1 aromatic heterocycles. The van der Waals surface area contributed by atoms with Crippen molar-refractivity contribution in [1.82, 2.24) is 10.2 Å². The Morgan fingerprint density at radius 1 is 1.32 bits per heavy atom. The predicted molar refractivity (Wildman–Crippen MR) is 90.8 cm³/mol. The molecule has 0 fully saturated rings. The predicted octanol–water partition coefficient (Wildman–Crippen LogP) is 2.48. The molecule has 5 nitrogen and oxygen atoms in total. The Balaban J connectivity index is 1.95. The van der Waals surface area contributed by atoms with Crippen molar-refractivity contribution in [1.29, 1.82) is 0 Å². The van der Waals surface area contributed by atoms with Crippen molar-refractivity contribution in [3.05, 3.63) is 46.3 Å². The average Bonchev–Trinajstić information content (AvgIpc) is 2.53. The fourth-order valence-corrected chi connectivity index (χ4v) is 2.15. The molecular formula is C16H20N2O3S. The van der Waals surface area contributed by atoms with Crippen molar-refractivity contribution in [2.45, 2.75) is 20.5 Å². The van der Waals surface area contributed by atoms with Gasteiger partial charge in [0.15, 0.2) is 0 Å². The maximum Gasteiger partial charge on any atom is 0.342 e. The number of hydrogen-bond donors (Lipinski definition) is 1. The zero-order valence-corrected chi connectivity index (χ0v) is 13.6. The third-order valence-electron chi connectivity index (χ3n) is 3.41. The Hall–Kier alpha value is -1.92. The number of benzene rings is 1. The fourth-order valence-electron chi connectivity index (χ4n) is 2.02. The van der Waals surface area contributed by atoms with Crippen LogP contribution in [0.4, 0.5) is 0 Å². The molecule has 0 spiro atoms. The smallest absolute Gasteiger partial charge is 0.342 e. The maximum absolute atomic E-state index is 11.9. The van der Waals surface area contributed by atoms with Gasteiger partial charge < -0.3 is 14.5 Å². The third kappa shape index (κ3) is 4.29. The van der Waals surface area contributed by atoms with Gasteiger partial charge in [0.25, 0.3) is 5.17 Å². The van der Waals surface area contributed by atoms with Gasteiger partial charge in [0.1, 0.15) is 12.2 Å². The number of nitrogens with zero attached hydrogens (tertiary/aromatic N) is 1. The first-order valence-electron chi connectivity index (χ1n) is 7.28. The number of nitrogens with one attached hydrogen (secondary N) is 1. The summed E-state index contributed by atoms with van der Waals surface area (Å²) >= 11 is 5.11. The highest BCUT2D eigenvalue weighted by Crippen LogP contribution is 2.12. The largest absolute Gasteiger partial charge is 0.466 e. The lowest BCUT2D eigenvalue weighted by Gasteiger charge is -2.19. The Bertz CT molecular complexity index is 695. The third-order valence-corrected chi connectivity index (χ3v) is 3.68. The molecule has 1 heterocycles. The van der Waals surface area contributed by atoms with Gasteiger partial charge in [0.05, 0.1) is 12.2 Å².